The lowest BCUT2D eigenvalue weighted by Crippen LogP contribution is -2.44. The van der Waals surface area contributed by atoms with Crippen LogP contribution in [0.2, 0.25) is 0 Å². The van der Waals surface area contributed by atoms with Gasteiger partial charge in [0.2, 0.25) is 0 Å². The minimum Gasteiger partial charge on any atom is -0.295 e. The number of hydrogen-bond donors (Lipinski definition) is 0. The van der Waals surface area contributed by atoms with Crippen LogP contribution >= 0.6 is 0 Å². The van der Waals surface area contributed by atoms with Crippen LogP contribution in [0.25, 0.3) is 38.6 Å². The van der Waals surface area contributed by atoms with Gasteiger partial charge in [-0.3, -0.25) is 4.40 Å². The monoisotopic (exact) mass is 404 g/mol. The molecule has 2 aromatic heterocycles. The predicted octanol–water partition coefficient (Wildman–Crippen LogP) is 7.49. The lowest BCUT2D eigenvalue weighted by Gasteiger charge is -2.46. The Balaban J connectivity index is 2.01. The van der Waals surface area contributed by atoms with Crippen molar-refractivity contribution in [2.24, 2.45) is 0 Å². The average molecular weight is 405 g/mol. The number of pyridine rings is 1. The van der Waals surface area contributed by atoms with Gasteiger partial charge in [0.15, 0.2) is 0 Å². The fourth-order valence-electron chi connectivity index (χ4n) is 5.75. The van der Waals surface area contributed by atoms with Gasteiger partial charge in [0.25, 0.3) is 0 Å². The van der Waals surface area contributed by atoms with Crippen molar-refractivity contribution in [1.29, 1.82) is 0 Å². The first kappa shape index (κ1) is 18.6. The fourth-order valence-corrected chi connectivity index (χ4v) is 5.75. The molecule has 0 unspecified atom stereocenters. The van der Waals surface area contributed by atoms with E-state index >= 15 is 0 Å². The highest BCUT2D eigenvalue weighted by molar-refractivity contribution is 6.16. The highest BCUT2D eigenvalue weighted by atomic mass is 15.1. The second-order valence-corrected chi connectivity index (χ2v) is 10.2. The van der Waals surface area contributed by atoms with Gasteiger partial charge >= 0.3 is 0 Å². The van der Waals surface area contributed by atoms with E-state index in [0.717, 1.165) is 11.3 Å². The molecule has 2 heteroatoms. The van der Waals surface area contributed by atoms with Crippen LogP contribution in [-0.2, 0) is 10.8 Å². The third-order valence-corrected chi connectivity index (χ3v) is 8.13. The standard InChI is InChI=1S/C29H28N2/c1-17-11-10-14-20-22-18(2)15-16-21-25(22)31-26(29(5,6)28(21,3)4)24(30-27(31)23(17)20)19-12-8-7-9-13-19/h7-16H,1-6H3. The summed E-state index contributed by atoms with van der Waals surface area (Å²) in [5, 5.41) is 3.95. The Bertz CT molecular complexity index is 1530. The molecular weight excluding hydrogens is 376 g/mol. The number of nitrogens with zero attached hydrogens (tertiary/aromatic N) is 2. The van der Waals surface area contributed by atoms with Crippen molar-refractivity contribution < 1.29 is 0 Å². The van der Waals surface area contributed by atoms with Crippen LogP contribution in [0.4, 0.5) is 0 Å². The van der Waals surface area contributed by atoms with Crippen molar-refractivity contribution in [3.8, 4) is 11.3 Å². The third kappa shape index (κ3) is 2.10. The van der Waals surface area contributed by atoms with E-state index in [1.165, 1.54) is 49.6 Å². The molecule has 0 amide bonds. The zero-order valence-electron chi connectivity index (χ0n) is 19.2. The first-order chi connectivity index (χ1) is 14.7. The van der Waals surface area contributed by atoms with Crippen LogP contribution in [0, 0.1) is 13.8 Å². The van der Waals surface area contributed by atoms with Crippen molar-refractivity contribution in [2.45, 2.75) is 52.4 Å². The highest BCUT2D eigenvalue weighted by Crippen LogP contribution is 2.54. The normalized spacial score (nSPS) is 16.6. The van der Waals surface area contributed by atoms with Crippen molar-refractivity contribution >= 4 is 27.3 Å². The molecule has 0 atom stereocenters. The average Bonchev–Trinajstić information content (AvgIpc) is 3.15. The molecule has 6 rings (SSSR count). The molecule has 0 N–H and O–H groups in total. The van der Waals surface area contributed by atoms with E-state index in [1.54, 1.807) is 0 Å². The molecule has 0 saturated carbocycles. The molecule has 1 aliphatic heterocycles. The van der Waals surface area contributed by atoms with Crippen LogP contribution in [-0.4, -0.2) is 9.38 Å². The number of rotatable bonds is 1. The van der Waals surface area contributed by atoms with Crippen molar-refractivity contribution in [3.63, 3.8) is 0 Å². The first-order valence-electron chi connectivity index (χ1n) is 11.2. The molecule has 3 aromatic carbocycles. The second kappa shape index (κ2) is 5.76. The molecule has 2 nitrogen and oxygen atoms in total. The molecule has 154 valence electrons. The molecule has 1 aliphatic rings. The van der Waals surface area contributed by atoms with E-state index in [9.17, 15) is 0 Å². The third-order valence-electron chi connectivity index (χ3n) is 8.13. The molecule has 0 saturated heterocycles. The van der Waals surface area contributed by atoms with Crippen LogP contribution in [0.5, 0.6) is 0 Å². The fraction of sp³-hybridized carbons (Fsp3) is 0.276. The SMILES string of the molecule is Cc1cccc2c1c1nc(-c3ccccc3)c3n1c1c(ccc(C)c21)C(C)(C)C3(C)C. The van der Waals surface area contributed by atoms with Gasteiger partial charge in [-0.05, 0) is 35.9 Å². The maximum absolute atomic E-state index is 5.38. The molecule has 5 aromatic rings. The van der Waals surface area contributed by atoms with E-state index in [1.807, 2.05) is 0 Å². The van der Waals surface area contributed by atoms with Crippen LogP contribution < -0.4 is 0 Å². The summed E-state index contributed by atoms with van der Waals surface area (Å²) in [6, 6.07) is 22.0. The summed E-state index contributed by atoms with van der Waals surface area (Å²) < 4.78 is 2.50. The summed E-state index contributed by atoms with van der Waals surface area (Å²) in [6.07, 6.45) is 0. The lowest BCUT2D eigenvalue weighted by atomic mass is 9.60. The smallest absolute Gasteiger partial charge is 0.146 e. The van der Waals surface area contributed by atoms with Crippen molar-refractivity contribution in [1.82, 2.24) is 9.38 Å². The Morgan fingerprint density at radius 2 is 1.42 bits per heavy atom. The van der Waals surface area contributed by atoms with Crippen LogP contribution in [0.1, 0.15) is 50.1 Å². The lowest BCUT2D eigenvalue weighted by molar-refractivity contribution is 0.289. The Hall–Kier alpha value is -3.13. The van der Waals surface area contributed by atoms with E-state index in [2.05, 4.69) is 107 Å². The number of hydrogen-bond acceptors (Lipinski definition) is 1. The Labute approximate surface area is 183 Å². The number of imidazole rings is 1. The van der Waals surface area contributed by atoms with Gasteiger partial charge in [-0.15, -0.1) is 0 Å². The minimum atomic E-state index is -0.0941. The predicted molar refractivity (Wildman–Crippen MR) is 131 cm³/mol. The Morgan fingerprint density at radius 1 is 0.710 bits per heavy atom. The largest absolute Gasteiger partial charge is 0.295 e. The number of aryl methyl sites for hydroxylation is 2. The molecule has 0 radical (unpaired) electrons. The van der Waals surface area contributed by atoms with Gasteiger partial charge in [-0.1, -0.05) is 88.4 Å². The van der Waals surface area contributed by atoms with Crippen molar-refractivity contribution in [3.05, 3.63) is 83.0 Å². The number of fused-ring (bicyclic) bond motifs is 3. The summed E-state index contributed by atoms with van der Waals surface area (Å²) in [5.74, 6) is 0. The maximum atomic E-state index is 5.38. The Kier molecular flexibility index (Phi) is 3.46. The van der Waals surface area contributed by atoms with Gasteiger partial charge in [-0.25, -0.2) is 4.98 Å². The molecule has 0 fully saturated rings. The minimum absolute atomic E-state index is 0.0387. The van der Waals surface area contributed by atoms with Gasteiger partial charge in [0.05, 0.1) is 16.9 Å². The molecule has 0 bridgehead atoms. The molecule has 0 aliphatic carbocycles. The van der Waals surface area contributed by atoms with Crippen LogP contribution in [0.15, 0.2) is 60.7 Å². The molecule has 31 heavy (non-hydrogen) atoms. The molecular formula is C29H28N2. The summed E-state index contributed by atoms with van der Waals surface area (Å²) >= 11 is 0. The summed E-state index contributed by atoms with van der Waals surface area (Å²) in [6.45, 7) is 14.0. The van der Waals surface area contributed by atoms with Gasteiger partial charge in [0.1, 0.15) is 5.65 Å². The van der Waals surface area contributed by atoms with Gasteiger partial charge < -0.3 is 0 Å². The van der Waals surface area contributed by atoms with Crippen molar-refractivity contribution in [2.75, 3.05) is 0 Å². The summed E-state index contributed by atoms with van der Waals surface area (Å²) in [5.41, 5.74) is 9.94. The van der Waals surface area contributed by atoms with E-state index in [4.69, 9.17) is 4.98 Å². The second-order valence-electron chi connectivity index (χ2n) is 10.2. The van der Waals surface area contributed by atoms with E-state index in [0.29, 0.717) is 0 Å². The molecule has 3 heterocycles. The van der Waals surface area contributed by atoms with Gasteiger partial charge in [0, 0.05) is 27.2 Å². The topological polar surface area (TPSA) is 17.3 Å². The summed E-state index contributed by atoms with van der Waals surface area (Å²) in [4.78, 5) is 5.38. The Morgan fingerprint density at radius 3 is 2.16 bits per heavy atom. The number of aromatic nitrogens is 2. The van der Waals surface area contributed by atoms with E-state index < -0.39 is 0 Å². The zero-order valence-corrected chi connectivity index (χ0v) is 19.2. The quantitative estimate of drug-likeness (QED) is 0.264. The first-order valence-corrected chi connectivity index (χ1v) is 11.2. The molecule has 0 spiro atoms. The number of benzene rings is 3. The zero-order chi connectivity index (χ0) is 21.7. The van der Waals surface area contributed by atoms with E-state index in [-0.39, 0.29) is 10.8 Å². The maximum Gasteiger partial charge on any atom is 0.146 e. The van der Waals surface area contributed by atoms with Gasteiger partial charge in [-0.2, -0.15) is 0 Å². The van der Waals surface area contributed by atoms with Crippen LogP contribution in [0.3, 0.4) is 0 Å². The highest BCUT2D eigenvalue weighted by Gasteiger charge is 2.48. The summed E-state index contributed by atoms with van der Waals surface area (Å²) in [7, 11) is 0.